The summed E-state index contributed by atoms with van der Waals surface area (Å²) in [6.07, 6.45) is 4.12. The Kier molecular flexibility index (Phi) is 3.10. The van der Waals surface area contributed by atoms with Crippen molar-refractivity contribution in [3.8, 4) is 0 Å². The molecule has 4 nitrogen and oxygen atoms in total. The van der Waals surface area contributed by atoms with Gasteiger partial charge in [-0.25, -0.2) is 14.3 Å². The molecule has 4 rings (SSSR count). The average molecular weight is 294 g/mol. The van der Waals surface area contributed by atoms with E-state index in [1.807, 2.05) is 31.2 Å². The molecule has 0 spiro atoms. The van der Waals surface area contributed by atoms with E-state index in [9.17, 15) is 4.79 Å². The summed E-state index contributed by atoms with van der Waals surface area (Å²) < 4.78 is 6.84. The number of hydrogen-bond acceptors (Lipinski definition) is 3. The molecular weight excluding hydrogens is 276 g/mol. The summed E-state index contributed by atoms with van der Waals surface area (Å²) in [7, 11) is 0. The molecule has 2 aromatic heterocycles. The number of carbonyl (C=O) groups excluding carboxylic acids is 1. The molecule has 112 valence electrons. The lowest BCUT2D eigenvalue weighted by Crippen LogP contribution is -2.14. The Labute approximate surface area is 128 Å². The van der Waals surface area contributed by atoms with Gasteiger partial charge in [-0.05, 0) is 50.3 Å². The van der Waals surface area contributed by atoms with Crippen molar-refractivity contribution in [3.05, 3.63) is 41.6 Å². The highest BCUT2D eigenvalue weighted by atomic mass is 16.5. The second kappa shape index (κ2) is 5.13. The molecule has 1 aliphatic rings. The normalized spacial score (nSPS) is 14.2. The molecule has 1 aliphatic carbocycles. The summed E-state index contributed by atoms with van der Waals surface area (Å²) in [4.78, 5) is 17.2. The Morgan fingerprint density at radius 2 is 2.05 bits per heavy atom. The van der Waals surface area contributed by atoms with Gasteiger partial charge < -0.3 is 4.74 Å². The first-order valence-corrected chi connectivity index (χ1v) is 7.88. The van der Waals surface area contributed by atoms with Crippen LogP contribution in [0.5, 0.6) is 0 Å². The maximum atomic E-state index is 12.4. The molecule has 0 saturated heterocycles. The molecule has 0 unspecified atom stereocenters. The van der Waals surface area contributed by atoms with Gasteiger partial charge in [0.25, 0.3) is 0 Å². The maximum Gasteiger partial charge on any atom is 0.420 e. The first-order chi connectivity index (χ1) is 10.8. The fourth-order valence-electron chi connectivity index (χ4n) is 3.37. The van der Waals surface area contributed by atoms with Crippen LogP contribution in [0.2, 0.25) is 0 Å². The SMILES string of the molecule is CCOC(=O)n1c2ccccc2c2cc3c(nc21)CCCC3. The summed E-state index contributed by atoms with van der Waals surface area (Å²) >= 11 is 0. The van der Waals surface area contributed by atoms with Gasteiger partial charge in [0.1, 0.15) is 0 Å². The third kappa shape index (κ3) is 1.90. The van der Waals surface area contributed by atoms with Crippen LogP contribution in [0.25, 0.3) is 21.9 Å². The van der Waals surface area contributed by atoms with Gasteiger partial charge in [-0.15, -0.1) is 0 Å². The van der Waals surface area contributed by atoms with E-state index in [1.165, 1.54) is 18.4 Å². The predicted molar refractivity (Wildman–Crippen MR) is 86.3 cm³/mol. The Hall–Kier alpha value is -2.36. The number of rotatable bonds is 1. The molecule has 0 bridgehead atoms. The Morgan fingerprint density at radius 3 is 2.91 bits per heavy atom. The van der Waals surface area contributed by atoms with Gasteiger partial charge in [0.2, 0.25) is 0 Å². The lowest BCUT2D eigenvalue weighted by molar-refractivity contribution is 0.156. The topological polar surface area (TPSA) is 44.1 Å². The van der Waals surface area contributed by atoms with Gasteiger partial charge in [0.15, 0.2) is 5.65 Å². The number of aromatic nitrogens is 2. The minimum atomic E-state index is -0.350. The third-order valence-corrected chi connectivity index (χ3v) is 4.38. The first-order valence-electron chi connectivity index (χ1n) is 7.88. The van der Waals surface area contributed by atoms with Crippen molar-refractivity contribution < 1.29 is 9.53 Å². The van der Waals surface area contributed by atoms with Gasteiger partial charge in [-0.2, -0.15) is 0 Å². The van der Waals surface area contributed by atoms with Crippen LogP contribution in [0.3, 0.4) is 0 Å². The average Bonchev–Trinajstić information content (AvgIpc) is 2.86. The second-order valence-electron chi connectivity index (χ2n) is 5.72. The van der Waals surface area contributed by atoms with Gasteiger partial charge in [0.05, 0.1) is 12.1 Å². The summed E-state index contributed by atoms with van der Waals surface area (Å²) in [5.74, 6) is 0. The van der Waals surface area contributed by atoms with Crippen LogP contribution in [-0.4, -0.2) is 22.3 Å². The van der Waals surface area contributed by atoms with Crippen LogP contribution < -0.4 is 0 Å². The number of pyridine rings is 1. The predicted octanol–water partition coefficient (Wildman–Crippen LogP) is 4.07. The van der Waals surface area contributed by atoms with E-state index in [-0.39, 0.29) is 6.09 Å². The van der Waals surface area contributed by atoms with E-state index in [0.29, 0.717) is 6.61 Å². The van der Waals surface area contributed by atoms with Crippen molar-refractivity contribution in [2.45, 2.75) is 32.6 Å². The summed E-state index contributed by atoms with van der Waals surface area (Å²) in [5.41, 5.74) is 4.05. The van der Waals surface area contributed by atoms with Crippen molar-refractivity contribution in [1.82, 2.24) is 9.55 Å². The quantitative estimate of drug-likeness (QED) is 0.679. The molecular formula is C18H18N2O2. The van der Waals surface area contributed by atoms with Gasteiger partial charge in [-0.1, -0.05) is 18.2 Å². The van der Waals surface area contributed by atoms with E-state index in [2.05, 4.69) is 6.07 Å². The van der Waals surface area contributed by atoms with Crippen LogP contribution in [-0.2, 0) is 17.6 Å². The highest BCUT2D eigenvalue weighted by Crippen LogP contribution is 2.31. The highest BCUT2D eigenvalue weighted by Gasteiger charge is 2.21. The van der Waals surface area contributed by atoms with Gasteiger partial charge >= 0.3 is 6.09 Å². The van der Waals surface area contributed by atoms with Crippen LogP contribution >= 0.6 is 0 Å². The zero-order valence-corrected chi connectivity index (χ0v) is 12.6. The molecule has 0 N–H and O–H groups in total. The van der Waals surface area contributed by atoms with E-state index in [4.69, 9.17) is 9.72 Å². The number of ether oxygens (including phenoxy) is 1. The number of para-hydroxylation sites is 1. The molecule has 0 radical (unpaired) electrons. The fraction of sp³-hybridized carbons (Fsp3) is 0.333. The zero-order valence-electron chi connectivity index (χ0n) is 12.6. The molecule has 1 aromatic carbocycles. The number of benzene rings is 1. The van der Waals surface area contributed by atoms with E-state index in [1.54, 1.807) is 4.57 Å². The van der Waals surface area contributed by atoms with Crippen molar-refractivity contribution in [3.63, 3.8) is 0 Å². The molecule has 4 heteroatoms. The van der Waals surface area contributed by atoms with Crippen LogP contribution in [0.15, 0.2) is 30.3 Å². The smallest absolute Gasteiger partial charge is 0.420 e. The first kappa shape index (κ1) is 13.3. The fourth-order valence-corrected chi connectivity index (χ4v) is 3.37. The number of carbonyl (C=O) groups is 1. The van der Waals surface area contributed by atoms with Crippen LogP contribution in [0.1, 0.15) is 31.0 Å². The standard InChI is InChI=1S/C18H18N2O2/c1-2-22-18(21)20-16-10-6-4-8-13(16)14-11-12-7-3-5-9-15(12)19-17(14)20/h4,6,8,10-11H,2-3,5,7,9H2,1H3. The second-order valence-corrected chi connectivity index (χ2v) is 5.72. The largest absolute Gasteiger partial charge is 0.449 e. The Balaban J connectivity index is 2.07. The lowest BCUT2D eigenvalue weighted by atomic mass is 9.95. The number of fused-ring (bicyclic) bond motifs is 4. The van der Waals surface area contributed by atoms with E-state index in [0.717, 1.165) is 40.5 Å². The van der Waals surface area contributed by atoms with Crippen molar-refractivity contribution in [2.75, 3.05) is 6.61 Å². The third-order valence-electron chi connectivity index (χ3n) is 4.38. The van der Waals surface area contributed by atoms with Gasteiger partial charge in [0, 0.05) is 16.5 Å². The van der Waals surface area contributed by atoms with Crippen LogP contribution in [0.4, 0.5) is 4.79 Å². The minimum Gasteiger partial charge on any atom is -0.449 e. The summed E-state index contributed by atoms with van der Waals surface area (Å²) in [6, 6.07) is 10.2. The van der Waals surface area contributed by atoms with Crippen molar-refractivity contribution >= 4 is 28.0 Å². The van der Waals surface area contributed by atoms with Gasteiger partial charge in [-0.3, -0.25) is 0 Å². The Bertz CT molecular complexity index is 880. The maximum absolute atomic E-state index is 12.4. The highest BCUT2D eigenvalue weighted by molar-refractivity contribution is 6.11. The summed E-state index contributed by atoms with van der Waals surface area (Å²) in [6.45, 7) is 2.18. The number of nitrogens with zero attached hydrogens (tertiary/aromatic N) is 2. The number of hydrogen-bond donors (Lipinski definition) is 0. The van der Waals surface area contributed by atoms with Crippen molar-refractivity contribution in [2.24, 2.45) is 0 Å². The molecule has 22 heavy (non-hydrogen) atoms. The van der Waals surface area contributed by atoms with E-state index >= 15 is 0 Å². The van der Waals surface area contributed by atoms with E-state index < -0.39 is 0 Å². The lowest BCUT2D eigenvalue weighted by Gasteiger charge is -2.15. The molecule has 0 atom stereocenters. The monoisotopic (exact) mass is 294 g/mol. The zero-order chi connectivity index (χ0) is 15.1. The Morgan fingerprint density at radius 1 is 1.23 bits per heavy atom. The van der Waals surface area contributed by atoms with Crippen molar-refractivity contribution in [1.29, 1.82) is 0 Å². The molecule has 0 saturated carbocycles. The summed E-state index contributed by atoms with van der Waals surface area (Å²) in [5, 5.41) is 2.11. The number of aryl methyl sites for hydroxylation is 2. The molecule has 3 aromatic rings. The minimum absolute atomic E-state index is 0.350. The molecule has 2 heterocycles. The molecule has 0 fully saturated rings. The molecule has 0 aliphatic heterocycles. The van der Waals surface area contributed by atoms with Crippen LogP contribution in [0, 0.1) is 0 Å². The molecule has 0 amide bonds.